The maximum absolute atomic E-state index is 5.51. The number of hydrogen-bond donors (Lipinski definition) is 2. The molecule has 0 unspecified atom stereocenters. The average molecular weight is 344 g/mol. The van der Waals surface area contributed by atoms with Crippen LogP contribution in [0.25, 0.3) is 0 Å². The Bertz CT molecular complexity index is 683. The van der Waals surface area contributed by atoms with Crippen molar-refractivity contribution in [2.24, 2.45) is 5.92 Å². The molecule has 1 aliphatic rings. The summed E-state index contributed by atoms with van der Waals surface area (Å²) in [6.45, 7) is 6.97. The van der Waals surface area contributed by atoms with Crippen molar-refractivity contribution >= 4 is 28.8 Å². The Hall–Kier alpha value is -2.08. The summed E-state index contributed by atoms with van der Waals surface area (Å²) in [7, 11) is 0. The number of thiocarbonyl (C=S) groups is 1. The first-order valence-electron chi connectivity index (χ1n) is 8.41. The van der Waals surface area contributed by atoms with Gasteiger partial charge in [-0.2, -0.15) is 0 Å². The molecule has 24 heavy (non-hydrogen) atoms. The Morgan fingerprint density at radius 1 is 1.38 bits per heavy atom. The van der Waals surface area contributed by atoms with Crippen LogP contribution in [-0.4, -0.2) is 23.2 Å². The zero-order valence-electron chi connectivity index (χ0n) is 14.2. The molecule has 3 rings (SSSR count). The minimum atomic E-state index is 0.560. The van der Waals surface area contributed by atoms with Crippen LogP contribution in [0, 0.1) is 12.8 Å². The van der Waals surface area contributed by atoms with Gasteiger partial charge in [0.15, 0.2) is 5.11 Å². The van der Waals surface area contributed by atoms with Gasteiger partial charge in [-0.15, -0.1) is 0 Å². The van der Waals surface area contributed by atoms with Crippen molar-refractivity contribution in [1.82, 2.24) is 10.3 Å². The van der Waals surface area contributed by atoms with Gasteiger partial charge < -0.3 is 20.0 Å². The highest BCUT2D eigenvalue weighted by atomic mass is 32.1. The number of nitrogens with zero attached hydrogens (tertiary/aromatic N) is 2. The van der Waals surface area contributed by atoms with Crippen LogP contribution >= 0.6 is 12.2 Å². The molecule has 0 aromatic carbocycles. The Morgan fingerprint density at radius 2 is 2.25 bits per heavy atom. The van der Waals surface area contributed by atoms with Gasteiger partial charge in [-0.05, 0) is 62.2 Å². The normalized spacial score (nSPS) is 17.6. The van der Waals surface area contributed by atoms with Crippen LogP contribution in [0.1, 0.15) is 31.3 Å². The highest BCUT2D eigenvalue weighted by Gasteiger charge is 2.17. The first kappa shape index (κ1) is 16.8. The van der Waals surface area contributed by atoms with Crippen molar-refractivity contribution in [2.75, 3.05) is 23.3 Å². The van der Waals surface area contributed by atoms with Crippen LogP contribution in [0.15, 0.2) is 34.9 Å². The standard InChI is InChI=1S/C18H24N4OS/c1-13-4-3-9-22(12-13)17-8-6-15(10-19-17)21-18(24)20-11-16-7-5-14(2)23-16/h5-8,10,13H,3-4,9,11-12H2,1-2H3,(H2,20,21,24)/t13-/m0/s1. The SMILES string of the molecule is Cc1ccc(CNC(=S)Nc2ccc(N3CCC[C@H](C)C3)nc2)o1. The molecule has 2 N–H and O–H groups in total. The lowest BCUT2D eigenvalue weighted by Crippen LogP contribution is -2.34. The number of furan rings is 1. The molecule has 3 heterocycles. The number of aromatic nitrogens is 1. The monoisotopic (exact) mass is 344 g/mol. The third kappa shape index (κ3) is 4.47. The fourth-order valence-corrected chi connectivity index (χ4v) is 3.16. The van der Waals surface area contributed by atoms with E-state index in [4.69, 9.17) is 16.6 Å². The second-order valence-electron chi connectivity index (χ2n) is 6.42. The van der Waals surface area contributed by atoms with Gasteiger partial charge in [0.05, 0.1) is 18.4 Å². The number of nitrogens with one attached hydrogen (secondary N) is 2. The Kier molecular flexibility index (Phi) is 5.35. The molecule has 1 aliphatic heterocycles. The molecule has 0 spiro atoms. The maximum Gasteiger partial charge on any atom is 0.171 e. The predicted molar refractivity (Wildman–Crippen MR) is 101 cm³/mol. The molecule has 2 aromatic heterocycles. The minimum absolute atomic E-state index is 0.560. The number of pyridine rings is 1. The zero-order chi connectivity index (χ0) is 16.9. The Morgan fingerprint density at radius 3 is 2.92 bits per heavy atom. The summed E-state index contributed by atoms with van der Waals surface area (Å²) >= 11 is 5.31. The van der Waals surface area contributed by atoms with Gasteiger partial charge in [-0.1, -0.05) is 6.92 Å². The molecular weight excluding hydrogens is 320 g/mol. The summed E-state index contributed by atoms with van der Waals surface area (Å²) in [5.41, 5.74) is 0.886. The first-order valence-corrected chi connectivity index (χ1v) is 8.82. The van der Waals surface area contributed by atoms with Gasteiger partial charge in [0.25, 0.3) is 0 Å². The molecule has 5 nitrogen and oxygen atoms in total. The van der Waals surface area contributed by atoms with Gasteiger partial charge in [0.2, 0.25) is 0 Å². The van der Waals surface area contributed by atoms with Crippen molar-refractivity contribution in [2.45, 2.75) is 33.2 Å². The summed E-state index contributed by atoms with van der Waals surface area (Å²) in [4.78, 5) is 6.92. The molecule has 0 saturated carbocycles. The molecule has 0 amide bonds. The fourth-order valence-electron chi connectivity index (χ4n) is 2.97. The van der Waals surface area contributed by atoms with Crippen LogP contribution in [0.5, 0.6) is 0 Å². The lowest BCUT2D eigenvalue weighted by atomic mass is 10.0. The van der Waals surface area contributed by atoms with Crippen LogP contribution in [0.3, 0.4) is 0 Å². The molecular formula is C18H24N4OS. The summed E-state index contributed by atoms with van der Waals surface area (Å²) in [5, 5.41) is 6.85. The Labute approximate surface area is 148 Å². The number of aryl methyl sites for hydroxylation is 1. The predicted octanol–water partition coefficient (Wildman–Crippen LogP) is 3.71. The quantitative estimate of drug-likeness (QED) is 0.825. The molecule has 0 radical (unpaired) electrons. The van der Waals surface area contributed by atoms with E-state index in [2.05, 4.69) is 33.5 Å². The second kappa shape index (κ2) is 7.66. The second-order valence-corrected chi connectivity index (χ2v) is 6.83. The van der Waals surface area contributed by atoms with E-state index in [1.807, 2.05) is 31.3 Å². The Balaban J connectivity index is 1.51. The van der Waals surface area contributed by atoms with E-state index >= 15 is 0 Å². The third-order valence-electron chi connectivity index (χ3n) is 4.21. The maximum atomic E-state index is 5.51. The summed E-state index contributed by atoms with van der Waals surface area (Å²) in [6, 6.07) is 7.96. The summed E-state index contributed by atoms with van der Waals surface area (Å²) < 4.78 is 5.51. The van der Waals surface area contributed by atoms with Crippen LogP contribution in [-0.2, 0) is 6.54 Å². The molecule has 1 fully saturated rings. The first-order chi connectivity index (χ1) is 11.6. The van der Waals surface area contributed by atoms with E-state index in [0.29, 0.717) is 11.7 Å². The highest BCUT2D eigenvalue weighted by Crippen LogP contribution is 2.22. The molecule has 128 valence electrons. The lowest BCUT2D eigenvalue weighted by molar-refractivity contribution is 0.444. The average Bonchev–Trinajstić information content (AvgIpc) is 2.99. The van der Waals surface area contributed by atoms with Gasteiger partial charge in [-0.3, -0.25) is 0 Å². The number of anilines is 2. The molecule has 2 aromatic rings. The van der Waals surface area contributed by atoms with Crippen LogP contribution in [0.2, 0.25) is 0 Å². The molecule has 6 heteroatoms. The molecule has 0 aliphatic carbocycles. The van der Waals surface area contributed by atoms with E-state index in [9.17, 15) is 0 Å². The summed E-state index contributed by atoms with van der Waals surface area (Å²) in [6.07, 6.45) is 4.38. The largest absolute Gasteiger partial charge is 0.465 e. The van der Waals surface area contributed by atoms with Crippen molar-refractivity contribution in [3.8, 4) is 0 Å². The number of piperidine rings is 1. The van der Waals surface area contributed by atoms with E-state index in [0.717, 1.165) is 42.0 Å². The lowest BCUT2D eigenvalue weighted by Gasteiger charge is -2.31. The van der Waals surface area contributed by atoms with Crippen molar-refractivity contribution in [1.29, 1.82) is 0 Å². The number of rotatable bonds is 4. The van der Waals surface area contributed by atoms with Crippen LogP contribution in [0.4, 0.5) is 11.5 Å². The van der Waals surface area contributed by atoms with Gasteiger partial charge in [0.1, 0.15) is 17.3 Å². The van der Waals surface area contributed by atoms with Crippen molar-refractivity contribution in [3.05, 3.63) is 42.0 Å². The molecule has 1 atom stereocenters. The van der Waals surface area contributed by atoms with E-state index in [-0.39, 0.29) is 0 Å². The minimum Gasteiger partial charge on any atom is -0.465 e. The summed E-state index contributed by atoms with van der Waals surface area (Å²) in [5.74, 6) is 3.54. The van der Waals surface area contributed by atoms with E-state index < -0.39 is 0 Å². The van der Waals surface area contributed by atoms with Gasteiger partial charge in [0, 0.05) is 13.1 Å². The van der Waals surface area contributed by atoms with Gasteiger partial charge in [-0.25, -0.2) is 4.98 Å². The highest BCUT2D eigenvalue weighted by molar-refractivity contribution is 7.80. The molecule has 1 saturated heterocycles. The smallest absolute Gasteiger partial charge is 0.171 e. The van der Waals surface area contributed by atoms with Gasteiger partial charge >= 0.3 is 0 Å². The fraction of sp³-hybridized carbons (Fsp3) is 0.444. The van der Waals surface area contributed by atoms with Crippen molar-refractivity contribution < 1.29 is 4.42 Å². The number of hydrogen-bond acceptors (Lipinski definition) is 4. The van der Waals surface area contributed by atoms with E-state index in [1.165, 1.54) is 12.8 Å². The van der Waals surface area contributed by atoms with Crippen LogP contribution < -0.4 is 15.5 Å². The zero-order valence-corrected chi connectivity index (χ0v) is 15.0. The van der Waals surface area contributed by atoms with Crippen molar-refractivity contribution in [3.63, 3.8) is 0 Å². The topological polar surface area (TPSA) is 53.3 Å². The molecule has 0 bridgehead atoms. The third-order valence-corrected chi connectivity index (χ3v) is 4.45. The van der Waals surface area contributed by atoms with E-state index in [1.54, 1.807) is 0 Å².